The quantitative estimate of drug-likeness (QED) is 0.565. The van der Waals surface area contributed by atoms with Crippen LogP contribution in [0.2, 0.25) is 0 Å². The van der Waals surface area contributed by atoms with Gasteiger partial charge in [-0.3, -0.25) is 10.1 Å². The molecule has 0 spiro atoms. The van der Waals surface area contributed by atoms with E-state index in [-0.39, 0.29) is 23.5 Å². The van der Waals surface area contributed by atoms with Gasteiger partial charge < -0.3 is 5.32 Å². The summed E-state index contributed by atoms with van der Waals surface area (Å²) in [6.45, 7) is 3.81. The minimum atomic E-state index is -0.552. The normalized spacial score (nSPS) is 12.0. The molecule has 3 rings (SSSR count). The molecule has 1 aromatic carbocycles. The maximum absolute atomic E-state index is 13.1. The molecular weight excluding hydrogens is 327 g/mol. The van der Waals surface area contributed by atoms with Gasteiger partial charge in [-0.25, -0.2) is 19.0 Å². The number of nitrogens with one attached hydrogen (secondary N) is 1. The molecule has 9 heteroatoms. The van der Waals surface area contributed by atoms with Gasteiger partial charge in [0.05, 0.1) is 22.8 Å². The Morgan fingerprint density at radius 3 is 2.44 bits per heavy atom. The lowest BCUT2D eigenvalue weighted by Gasteiger charge is -2.13. The second kappa shape index (κ2) is 6.63. The molecule has 0 saturated carbocycles. The molecule has 1 atom stereocenters. The van der Waals surface area contributed by atoms with Crippen molar-refractivity contribution in [3.8, 4) is 5.69 Å². The summed E-state index contributed by atoms with van der Waals surface area (Å²) in [5.74, 6) is -0.0221. The molecule has 25 heavy (non-hydrogen) atoms. The molecule has 0 fully saturated rings. The molecule has 1 unspecified atom stereocenters. The highest BCUT2D eigenvalue weighted by molar-refractivity contribution is 5.39. The SMILES string of the molecule is Cc1c(C(C)Nc2ncc([N+](=O)[O-])cn2)cnn1-c1ccc(F)cc1. The van der Waals surface area contributed by atoms with Crippen LogP contribution in [0.3, 0.4) is 0 Å². The molecule has 0 aliphatic rings. The Bertz CT molecular complexity index is 892. The van der Waals surface area contributed by atoms with Crippen molar-refractivity contribution in [2.45, 2.75) is 19.9 Å². The van der Waals surface area contributed by atoms with Crippen LogP contribution >= 0.6 is 0 Å². The summed E-state index contributed by atoms with van der Waals surface area (Å²) in [7, 11) is 0. The van der Waals surface area contributed by atoms with E-state index in [9.17, 15) is 14.5 Å². The lowest BCUT2D eigenvalue weighted by atomic mass is 10.1. The molecule has 2 aromatic heterocycles. The van der Waals surface area contributed by atoms with Gasteiger partial charge in [0, 0.05) is 11.3 Å². The van der Waals surface area contributed by atoms with Crippen molar-refractivity contribution < 1.29 is 9.31 Å². The van der Waals surface area contributed by atoms with E-state index in [4.69, 9.17) is 0 Å². The summed E-state index contributed by atoms with van der Waals surface area (Å²) in [6, 6.07) is 5.88. The third-order valence-corrected chi connectivity index (χ3v) is 3.78. The minimum absolute atomic E-state index is 0.168. The van der Waals surface area contributed by atoms with E-state index in [0.717, 1.165) is 29.3 Å². The fraction of sp³-hybridized carbons (Fsp3) is 0.188. The molecule has 0 aliphatic heterocycles. The molecule has 0 aliphatic carbocycles. The first kappa shape index (κ1) is 16.5. The predicted octanol–water partition coefficient (Wildman–Crippen LogP) is 3.19. The smallest absolute Gasteiger partial charge is 0.305 e. The maximum atomic E-state index is 13.1. The topological polar surface area (TPSA) is 98.8 Å². The van der Waals surface area contributed by atoms with Gasteiger partial charge in [-0.05, 0) is 38.1 Å². The van der Waals surface area contributed by atoms with Crippen molar-refractivity contribution >= 4 is 11.6 Å². The van der Waals surface area contributed by atoms with Crippen molar-refractivity contribution in [3.05, 3.63) is 70.0 Å². The third-order valence-electron chi connectivity index (χ3n) is 3.78. The third kappa shape index (κ3) is 3.44. The first-order chi connectivity index (χ1) is 12.0. The zero-order valence-corrected chi connectivity index (χ0v) is 13.5. The largest absolute Gasteiger partial charge is 0.348 e. The number of anilines is 1. The van der Waals surface area contributed by atoms with Crippen LogP contribution in [0.25, 0.3) is 5.69 Å². The van der Waals surface area contributed by atoms with Crippen molar-refractivity contribution in [2.24, 2.45) is 0 Å². The number of nitro groups is 1. The average Bonchev–Trinajstić information content (AvgIpc) is 2.98. The van der Waals surface area contributed by atoms with Gasteiger partial charge in [0.15, 0.2) is 0 Å². The summed E-state index contributed by atoms with van der Waals surface area (Å²) >= 11 is 0. The van der Waals surface area contributed by atoms with E-state index in [1.807, 2.05) is 13.8 Å². The van der Waals surface area contributed by atoms with Gasteiger partial charge in [0.2, 0.25) is 5.95 Å². The number of rotatable bonds is 5. The highest BCUT2D eigenvalue weighted by atomic mass is 19.1. The van der Waals surface area contributed by atoms with Gasteiger partial charge in [-0.15, -0.1) is 0 Å². The predicted molar refractivity (Wildman–Crippen MR) is 89.0 cm³/mol. The van der Waals surface area contributed by atoms with Crippen LogP contribution in [-0.4, -0.2) is 24.7 Å². The van der Waals surface area contributed by atoms with E-state index >= 15 is 0 Å². The van der Waals surface area contributed by atoms with Gasteiger partial charge in [-0.2, -0.15) is 5.10 Å². The second-order valence-corrected chi connectivity index (χ2v) is 5.46. The van der Waals surface area contributed by atoms with Crippen LogP contribution in [0.5, 0.6) is 0 Å². The fourth-order valence-electron chi connectivity index (χ4n) is 2.45. The Morgan fingerprint density at radius 2 is 1.84 bits per heavy atom. The summed E-state index contributed by atoms with van der Waals surface area (Å²) in [5.41, 5.74) is 2.38. The molecule has 0 bridgehead atoms. The molecule has 1 N–H and O–H groups in total. The highest BCUT2D eigenvalue weighted by Crippen LogP contribution is 2.23. The summed E-state index contributed by atoms with van der Waals surface area (Å²) < 4.78 is 14.8. The first-order valence-corrected chi connectivity index (χ1v) is 7.49. The van der Waals surface area contributed by atoms with Crippen LogP contribution in [-0.2, 0) is 0 Å². The summed E-state index contributed by atoms with van der Waals surface area (Å²) in [4.78, 5) is 18.0. The Balaban J connectivity index is 1.79. The van der Waals surface area contributed by atoms with E-state index in [2.05, 4.69) is 20.4 Å². The highest BCUT2D eigenvalue weighted by Gasteiger charge is 2.16. The van der Waals surface area contributed by atoms with E-state index in [0.29, 0.717) is 0 Å². The maximum Gasteiger partial charge on any atom is 0.305 e. The number of hydrogen-bond acceptors (Lipinski definition) is 6. The van der Waals surface area contributed by atoms with Crippen LogP contribution in [0, 0.1) is 22.9 Å². The minimum Gasteiger partial charge on any atom is -0.348 e. The molecular formula is C16H15FN6O2. The van der Waals surface area contributed by atoms with Crippen LogP contribution in [0.4, 0.5) is 16.0 Å². The van der Waals surface area contributed by atoms with Crippen molar-refractivity contribution in [3.63, 3.8) is 0 Å². The zero-order chi connectivity index (χ0) is 18.0. The van der Waals surface area contributed by atoms with Crippen LogP contribution < -0.4 is 5.32 Å². The standard InChI is InChI=1S/C16H15FN6O2/c1-10(21-16-18-7-14(8-19-16)23(24)25)15-9-20-22(11(15)2)13-5-3-12(17)4-6-13/h3-10H,1-2H3,(H,18,19,21). The number of nitrogens with zero attached hydrogens (tertiary/aromatic N) is 5. The van der Waals surface area contributed by atoms with Crippen LogP contribution in [0.15, 0.2) is 42.9 Å². The molecule has 0 amide bonds. The van der Waals surface area contributed by atoms with E-state index in [1.54, 1.807) is 23.0 Å². The summed E-state index contributed by atoms with van der Waals surface area (Å²) in [5, 5.41) is 18.1. The molecule has 0 saturated heterocycles. The lowest BCUT2D eigenvalue weighted by molar-refractivity contribution is -0.385. The number of benzene rings is 1. The Morgan fingerprint density at radius 1 is 1.20 bits per heavy atom. The zero-order valence-electron chi connectivity index (χ0n) is 13.5. The van der Waals surface area contributed by atoms with E-state index < -0.39 is 4.92 Å². The Hall–Kier alpha value is -3.36. The van der Waals surface area contributed by atoms with Crippen LogP contribution in [0.1, 0.15) is 24.2 Å². The number of aromatic nitrogens is 4. The Kier molecular flexibility index (Phi) is 4.38. The molecule has 2 heterocycles. The molecule has 128 valence electrons. The first-order valence-electron chi connectivity index (χ1n) is 7.49. The van der Waals surface area contributed by atoms with Gasteiger partial charge >= 0.3 is 5.69 Å². The van der Waals surface area contributed by atoms with Gasteiger partial charge in [0.1, 0.15) is 18.2 Å². The van der Waals surface area contributed by atoms with Crippen molar-refractivity contribution in [1.29, 1.82) is 0 Å². The Labute approximate surface area is 142 Å². The van der Waals surface area contributed by atoms with E-state index in [1.165, 1.54) is 12.1 Å². The summed E-state index contributed by atoms with van der Waals surface area (Å²) in [6.07, 6.45) is 4.01. The second-order valence-electron chi connectivity index (χ2n) is 5.46. The molecule has 0 radical (unpaired) electrons. The fourth-order valence-corrected chi connectivity index (χ4v) is 2.45. The van der Waals surface area contributed by atoms with Gasteiger partial charge in [-0.1, -0.05) is 0 Å². The molecule has 8 nitrogen and oxygen atoms in total. The average molecular weight is 342 g/mol. The monoisotopic (exact) mass is 342 g/mol. The van der Waals surface area contributed by atoms with Crippen molar-refractivity contribution in [2.75, 3.05) is 5.32 Å². The molecule has 3 aromatic rings. The lowest BCUT2D eigenvalue weighted by Crippen LogP contribution is -2.10. The van der Waals surface area contributed by atoms with Crippen molar-refractivity contribution in [1.82, 2.24) is 19.7 Å². The van der Waals surface area contributed by atoms with Gasteiger partial charge in [0.25, 0.3) is 0 Å². The number of hydrogen-bond donors (Lipinski definition) is 1. The number of halogens is 1.